The van der Waals surface area contributed by atoms with Gasteiger partial charge in [0.1, 0.15) is 5.78 Å². The fourth-order valence-corrected chi connectivity index (χ4v) is 1.87. The molecule has 0 aromatic heterocycles. The Morgan fingerprint density at radius 2 is 2.07 bits per heavy atom. The Labute approximate surface area is 83.7 Å². The molecular formula is C10H17NO3. The van der Waals surface area contributed by atoms with Crippen molar-refractivity contribution >= 4 is 11.9 Å². The van der Waals surface area contributed by atoms with Gasteiger partial charge in [-0.1, -0.05) is 0 Å². The Morgan fingerprint density at radius 3 is 2.64 bits per heavy atom. The Morgan fingerprint density at radius 1 is 1.43 bits per heavy atom. The number of carboxylic acid groups (broad SMARTS) is 1. The molecule has 0 unspecified atom stereocenters. The zero-order valence-electron chi connectivity index (χ0n) is 8.29. The molecule has 0 radical (unpaired) electrons. The first-order valence-electron chi connectivity index (χ1n) is 5.17. The van der Waals surface area contributed by atoms with Crippen LogP contribution < -0.4 is 5.32 Å². The maximum atomic E-state index is 10.9. The molecule has 0 aliphatic heterocycles. The van der Waals surface area contributed by atoms with E-state index in [1.165, 1.54) is 0 Å². The van der Waals surface area contributed by atoms with E-state index in [0.29, 0.717) is 18.2 Å². The first kappa shape index (κ1) is 11.0. The topological polar surface area (TPSA) is 66.4 Å². The lowest BCUT2D eigenvalue weighted by Gasteiger charge is -2.20. The molecule has 0 aromatic rings. The van der Waals surface area contributed by atoms with Crippen molar-refractivity contribution in [3.05, 3.63) is 0 Å². The highest BCUT2D eigenvalue weighted by Crippen LogP contribution is 2.25. The number of amides is 1. The average Bonchev–Trinajstić information content (AvgIpc) is 2.15. The second-order valence-corrected chi connectivity index (χ2v) is 3.86. The smallest absolute Gasteiger partial charge is 0.404 e. The number of nitrogens with one attached hydrogen (secondary N) is 1. The van der Waals surface area contributed by atoms with Gasteiger partial charge < -0.3 is 10.4 Å². The third-order valence-electron chi connectivity index (χ3n) is 2.73. The lowest BCUT2D eigenvalue weighted by Crippen LogP contribution is -2.23. The third kappa shape index (κ3) is 4.25. The largest absolute Gasteiger partial charge is 0.465 e. The normalized spacial score (nSPS) is 18.1. The van der Waals surface area contributed by atoms with Crippen LogP contribution in [0, 0.1) is 5.92 Å². The van der Waals surface area contributed by atoms with Gasteiger partial charge in [-0.3, -0.25) is 4.79 Å². The van der Waals surface area contributed by atoms with Gasteiger partial charge in [0.2, 0.25) is 0 Å². The number of carbonyl (C=O) groups excluding carboxylic acids is 1. The van der Waals surface area contributed by atoms with Crippen LogP contribution >= 0.6 is 0 Å². The van der Waals surface area contributed by atoms with Crippen molar-refractivity contribution in [2.24, 2.45) is 5.92 Å². The van der Waals surface area contributed by atoms with E-state index in [1.54, 1.807) is 0 Å². The molecule has 1 aliphatic rings. The summed E-state index contributed by atoms with van der Waals surface area (Å²) in [6, 6.07) is 0. The molecule has 0 spiro atoms. The van der Waals surface area contributed by atoms with Gasteiger partial charge in [0.05, 0.1) is 0 Å². The van der Waals surface area contributed by atoms with Gasteiger partial charge in [0.15, 0.2) is 0 Å². The third-order valence-corrected chi connectivity index (χ3v) is 2.73. The monoisotopic (exact) mass is 199 g/mol. The summed E-state index contributed by atoms with van der Waals surface area (Å²) >= 11 is 0. The lowest BCUT2D eigenvalue weighted by atomic mass is 9.85. The summed E-state index contributed by atoms with van der Waals surface area (Å²) in [6.45, 7) is 0.528. The molecule has 0 saturated heterocycles. The second kappa shape index (κ2) is 5.62. The molecule has 1 rings (SSSR count). The van der Waals surface area contributed by atoms with Crippen LogP contribution in [0.2, 0.25) is 0 Å². The van der Waals surface area contributed by atoms with Crippen LogP contribution in [0.5, 0.6) is 0 Å². The number of ketones is 1. The minimum atomic E-state index is -0.955. The van der Waals surface area contributed by atoms with E-state index >= 15 is 0 Å². The minimum Gasteiger partial charge on any atom is -0.465 e. The molecule has 1 amide bonds. The number of Topliss-reactive ketones (excluding diaryl/α,β-unsaturated/α-hetero) is 1. The van der Waals surface area contributed by atoms with Crippen molar-refractivity contribution < 1.29 is 14.7 Å². The van der Waals surface area contributed by atoms with Crippen LogP contribution in [0.15, 0.2) is 0 Å². The molecule has 80 valence electrons. The molecule has 4 nitrogen and oxygen atoms in total. The summed E-state index contributed by atoms with van der Waals surface area (Å²) in [6.07, 6.45) is 4.38. The summed E-state index contributed by atoms with van der Waals surface area (Å²) in [5, 5.41) is 10.7. The van der Waals surface area contributed by atoms with E-state index in [0.717, 1.165) is 38.5 Å². The predicted molar refractivity (Wildman–Crippen MR) is 52.2 cm³/mol. The van der Waals surface area contributed by atoms with E-state index in [2.05, 4.69) is 5.32 Å². The van der Waals surface area contributed by atoms with Gasteiger partial charge in [-0.05, 0) is 31.6 Å². The highest BCUT2D eigenvalue weighted by Gasteiger charge is 2.17. The lowest BCUT2D eigenvalue weighted by molar-refractivity contribution is -0.121. The van der Waals surface area contributed by atoms with Gasteiger partial charge in [-0.25, -0.2) is 4.79 Å². The van der Waals surface area contributed by atoms with Gasteiger partial charge >= 0.3 is 6.09 Å². The van der Waals surface area contributed by atoms with Crippen LogP contribution in [0.4, 0.5) is 4.79 Å². The first-order chi connectivity index (χ1) is 6.68. The summed E-state index contributed by atoms with van der Waals surface area (Å²) in [7, 11) is 0. The van der Waals surface area contributed by atoms with E-state index in [4.69, 9.17) is 5.11 Å². The standard InChI is InChI=1S/C10H17NO3/c12-9-5-3-8(4-6-9)2-1-7-11-10(13)14/h8,11H,1-7H2,(H,13,14). The molecule has 14 heavy (non-hydrogen) atoms. The molecule has 1 saturated carbocycles. The Balaban J connectivity index is 2.02. The van der Waals surface area contributed by atoms with Crippen molar-refractivity contribution in [2.75, 3.05) is 6.54 Å². The quantitative estimate of drug-likeness (QED) is 0.678. The Bertz CT molecular complexity index is 205. The highest BCUT2D eigenvalue weighted by atomic mass is 16.4. The molecule has 0 atom stereocenters. The van der Waals surface area contributed by atoms with Crippen molar-refractivity contribution in [2.45, 2.75) is 38.5 Å². The summed E-state index contributed by atoms with van der Waals surface area (Å²) in [4.78, 5) is 21.1. The summed E-state index contributed by atoms with van der Waals surface area (Å²) in [5.41, 5.74) is 0. The van der Waals surface area contributed by atoms with Crippen LogP contribution in [-0.2, 0) is 4.79 Å². The van der Waals surface area contributed by atoms with Crippen molar-refractivity contribution in [1.82, 2.24) is 5.32 Å². The fourth-order valence-electron chi connectivity index (χ4n) is 1.87. The second-order valence-electron chi connectivity index (χ2n) is 3.86. The van der Waals surface area contributed by atoms with Crippen LogP contribution in [0.25, 0.3) is 0 Å². The number of carbonyl (C=O) groups is 2. The Hall–Kier alpha value is -1.06. The van der Waals surface area contributed by atoms with E-state index in [9.17, 15) is 9.59 Å². The summed E-state index contributed by atoms with van der Waals surface area (Å²) < 4.78 is 0. The number of rotatable bonds is 4. The van der Waals surface area contributed by atoms with Gasteiger partial charge in [0, 0.05) is 19.4 Å². The van der Waals surface area contributed by atoms with Gasteiger partial charge in [-0.2, -0.15) is 0 Å². The van der Waals surface area contributed by atoms with E-state index in [1.807, 2.05) is 0 Å². The maximum Gasteiger partial charge on any atom is 0.404 e. The molecule has 0 aromatic carbocycles. The molecule has 1 aliphatic carbocycles. The fraction of sp³-hybridized carbons (Fsp3) is 0.800. The molecule has 1 fully saturated rings. The average molecular weight is 199 g/mol. The Kier molecular flexibility index (Phi) is 4.43. The molecule has 4 heteroatoms. The first-order valence-corrected chi connectivity index (χ1v) is 5.17. The number of hydrogen-bond donors (Lipinski definition) is 2. The van der Waals surface area contributed by atoms with E-state index in [-0.39, 0.29) is 0 Å². The van der Waals surface area contributed by atoms with Crippen molar-refractivity contribution in [3.63, 3.8) is 0 Å². The van der Waals surface area contributed by atoms with E-state index < -0.39 is 6.09 Å². The molecule has 0 heterocycles. The summed E-state index contributed by atoms with van der Waals surface area (Å²) in [5.74, 6) is 1.01. The highest BCUT2D eigenvalue weighted by molar-refractivity contribution is 5.78. The SMILES string of the molecule is O=C1CCC(CCCNC(=O)O)CC1. The van der Waals surface area contributed by atoms with Crippen LogP contribution in [0.1, 0.15) is 38.5 Å². The zero-order chi connectivity index (χ0) is 10.4. The van der Waals surface area contributed by atoms with Crippen LogP contribution in [0.3, 0.4) is 0 Å². The van der Waals surface area contributed by atoms with Crippen molar-refractivity contribution in [3.8, 4) is 0 Å². The number of hydrogen-bond acceptors (Lipinski definition) is 2. The zero-order valence-corrected chi connectivity index (χ0v) is 8.29. The minimum absolute atomic E-state index is 0.380. The van der Waals surface area contributed by atoms with Gasteiger partial charge in [0.25, 0.3) is 0 Å². The van der Waals surface area contributed by atoms with Gasteiger partial charge in [-0.15, -0.1) is 0 Å². The molecule has 0 bridgehead atoms. The predicted octanol–water partition coefficient (Wildman–Crippen LogP) is 1.79. The van der Waals surface area contributed by atoms with Crippen LogP contribution in [-0.4, -0.2) is 23.5 Å². The maximum absolute atomic E-state index is 10.9. The van der Waals surface area contributed by atoms with Crippen molar-refractivity contribution in [1.29, 1.82) is 0 Å². The molecular weight excluding hydrogens is 182 g/mol. The molecule has 2 N–H and O–H groups in total.